The Morgan fingerprint density at radius 2 is 1.75 bits per heavy atom. The highest BCUT2D eigenvalue weighted by Crippen LogP contribution is 2.34. The van der Waals surface area contributed by atoms with E-state index in [0.717, 1.165) is 34.6 Å². The van der Waals surface area contributed by atoms with Gasteiger partial charge in [-0.1, -0.05) is 31.2 Å². The molecule has 0 amide bonds. The predicted octanol–water partition coefficient (Wildman–Crippen LogP) is 3.73. The van der Waals surface area contributed by atoms with E-state index in [-0.39, 0.29) is 5.56 Å². The first kappa shape index (κ1) is 9.89. The van der Waals surface area contributed by atoms with E-state index in [0.29, 0.717) is 0 Å². The number of hydrogen-bond acceptors (Lipinski definition) is 0. The molecule has 0 saturated heterocycles. The minimum absolute atomic E-state index is 0.0697. The number of halogens is 3. The second-order valence-corrected chi connectivity index (χ2v) is 3.90. The van der Waals surface area contributed by atoms with Crippen molar-refractivity contribution in [3.8, 4) is 0 Å². The van der Waals surface area contributed by atoms with Crippen molar-refractivity contribution in [1.82, 2.24) is 0 Å². The third kappa shape index (κ3) is 2.40. The number of benzene rings is 1. The molecular weight excluding hydrogens is 273 g/mol. The zero-order valence-corrected chi connectivity index (χ0v) is 8.81. The summed E-state index contributed by atoms with van der Waals surface area (Å²) in [5.41, 5.74) is 1.15. The van der Waals surface area contributed by atoms with Crippen LogP contribution in [0.1, 0.15) is 18.1 Å². The van der Waals surface area contributed by atoms with Gasteiger partial charge in [0.15, 0.2) is 0 Å². The Balaban J connectivity index is 2.93. The van der Waals surface area contributed by atoms with Gasteiger partial charge in [-0.05, 0) is 12.0 Å². The zero-order valence-electron chi connectivity index (χ0n) is 6.65. The van der Waals surface area contributed by atoms with Crippen LogP contribution in [-0.2, 0) is 10.4 Å². The first-order valence-electron chi connectivity index (χ1n) is 3.70. The Kier molecular flexibility index (Phi) is 3.04. The maximum Gasteiger partial charge on any atom is 0.321 e. The van der Waals surface area contributed by atoms with Crippen molar-refractivity contribution in [2.45, 2.75) is 17.3 Å². The highest BCUT2D eigenvalue weighted by molar-refractivity contribution is 14.1. The standard InChI is InChI=1S/C9H9F2I/c1-2-7-3-5-8(6-4-7)9(10,11)12/h3-6H,2H2,1H3. The Labute approximate surface area is 84.1 Å². The van der Waals surface area contributed by atoms with Crippen molar-refractivity contribution in [3.63, 3.8) is 0 Å². The van der Waals surface area contributed by atoms with Gasteiger partial charge in [0.1, 0.15) is 0 Å². The number of rotatable bonds is 2. The van der Waals surface area contributed by atoms with Crippen LogP contribution < -0.4 is 0 Å². The maximum absolute atomic E-state index is 12.7. The van der Waals surface area contributed by atoms with E-state index in [1.165, 1.54) is 12.1 Å². The molecule has 0 unspecified atom stereocenters. The van der Waals surface area contributed by atoms with Crippen LogP contribution in [-0.4, -0.2) is 0 Å². The molecule has 0 aliphatic rings. The van der Waals surface area contributed by atoms with Crippen LogP contribution in [0.25, 0.3) is 0 Å². The molecule has 0 bridgehead atoms. The lowest BCUT2D eigenvalue weighted by Crippen LogP contribution is -2.01. The number of alkyl halides is 3. The topological polar surface area (TPSA) is 0 Å². The largest absolute Gasteiger partial charge is 0.321 e. The van der Waals surface area contributed by atoms with E-state index in [4.69, 9.17) is 0 Å². The fraction of sp³-hybridized carbons (Fsp3) is 0.333. The Bertz CT molecular complexity index is 248. The summed E-state index contributed by atoms with van der Waals surface area (Å²) >= 11 is 1.13. The zero-order chi connectivity index (χ0) is 9.19. The van der Waals surface area contributed by atoms with E-state index >= 15 is 0 Å². The lowest BCUT2D eigenvalue weighted by molar-refractivity contribution is 0.127. The lowest BCUT2D eigenvalue weighted by Gasteiger charge is -2.08. The molecule has 66 valence electrons. The fourth-order valence-corrected chi connectivity index (χ4v) is 1.29. The maximum atomic E-state index is 12.7. The molecule has 0 atom stereocenters. The second-order valence-electron chi connectivity index (χ2n) is 2.55. The average molecular weight is 282 g/mol. The highest BCUT2D eigenvalue weighted by atomic mass is 127. The summed E-state index contributed by atoms with van der Waals surface area (Å²) in [6.45, 7) is 2.00. The summed E-state index contributed by atoms with van der Waals surface area (Å²) < 4.78 is 22.6. The minimum atomic E-state index is -2.75. The Morgan fingerprint density at radius 3 is 2.08 bits per heavy atom. The molecule has 1 aromatic rings. The van der Waals surface area contributed by atoms with E-state index < -0.39 is 3.93 Å². The molecule has 0 spiro atoms. The summed E-state index contributed by atoms with van der Waals surface area (Å²) in [5, 5.41) is 0. The monoisotopic (exact) mass is 282 g/mol. The third-order valence-corrected chi connectivity index (χ3v) is 2.31. The molecule has 1 aromatic carbocycles. The molecule has 0 aliphatic carbocycles. The molecule has 0 radical (unpaired) electrons. The van der Waals surface area contributed by atoms with Crippen LogP contribution in [0.3, 0.4) is 0 Å². The van der Waals surface area contributed by atoms with Gasteiger partial charge in [0.25, 0.3) is 0 Å². The van der Waals surface area contributed by atoms with Crippen molar-refractivity contribution in [2.24, 2.45) is 0 Å². The van der Waals surface area contributed by atoms with Gasteiger partial charge in [-0.2, -0.15) is 8.78 Å². The molecule has 0 saturated carbocycles. The van der Waals surface area contributed by atoms with E-state index in [1.54, 1.807) is 12.1 Å². The van der Waals surface area contributed by atoms with Crippen LogP contribution in [0.4, 0.5) is 8.78 Å². The summed E-state index contributed by atoms with van der Waals surface area (Å²) in [4.78, 5) is 0. The molecule has 3 heteroatoms. The van der Waals surface area contributed by atoms with E-state index in [1.807, 2.05) is 6.92 Å². The third-order valence-electron chi connectivity index (χ3n) is 1.69. The van der Waals surface area contributed by atoms with Crippen molar-refractivity contribution in [3.05, 3.63) is 35.4 Å². The summed E-state index contributed by atoms with van der Waals surface area (Å²) in [6.07, 6.45) is 0.882. The van der Waals surface area contributed by atoms with Gasteiger partial charge >= 0.3 is 3.93 Å². The minimum Gasteiger partial charge on any atom is -0.189 e. The second kappa shape index (κ2) is 3.68. The van der Waals surface area contributed by atoms with Gasteiger partial charge in [-0.25, -0.2) is 0 Å². The van der Waals surface area contributed by atoms with Crippen molar-refractivity contribution in [1.29, 1.82) is 0 Å². The predicted molar refractivity (Wildman–Crippen MR) is 53.7 cm³/mol. The number of aryl methyl sites for hydroxylation is 1. The van der Waals surface area contributed by atoms with Crippen LogP contribution in [0.2, 0.25) is 0 Å². The molecule has 0 nitrogen and oxygen atoms in total. The smallest absolute Gasteiger partial charge is 0.189 e. The molecule has 0 N–H and O–H groups in total. The van der Waals surface area contributed by atoms with Crippen LogP contribution in [0, 0.1) is 0 Å². The van der Waals surface area contributed by atoms with Crippen LogP contribution in [0.5, 0.6) is 0 Å². The normalized spacial score (nSPS) is 11.7. The summed E-state index contributed by atoms with van der Waals surface area (Å²) in [5.74, 6) is 0. The van der Waals surface area contributed by atoms with Gasteiger partial charge in [-0.3, -0.25) is 0 Å². The Hall–Kier alpha value is -0.190. The van der Waals surface area contributed by atoms with Gasteiger partial charge in [0.05, 0.1) is 0 Å². The van der Waals surface area contributed by atoms with Gasteiger partial charge in [0, 0.05) is 28.2 Å². The number of hydrogen-bond donors (Lipinski definition) is 0. The first-order valence-corrected chi connectivity index (χ1v) is 4.78. The molecule has 0 fully saturated rings. The van der Waals surface area contributed by atoms with Crippen LogP contribution in [0.15, 0.2) is 24.3 Å². The molecular formula is C9H9F2I. The Morgan fingerprint density at radius 1 is 1.25 bits per heavy atom. The van der Waals surface area contributed by atoms with E-state index in [9.17, 15) is 8.78 Å². The highest BCUT2D eigenvalue weighted by Gasteiger charge is 2.25. The molecule has 0 aromatic heterocycles. The van der Waals surface area contributed by atoms with Gasteiger partial charge < -0.3 is 0 Å². The van der Waals surface area contributed by atoms with Gasteiger partial charge in [0.2, 0.25) is 0 Å². The SMILES string of the molecule is CCc1ccc(C(F)(F)I)cc1. The van der Waals surface area contributed by atoms with Crippen molar-refractivity contribution in [2.75, 3.05) is 0 Å². The fourth-order valence-electron chi connectivity index (χ4n) is 0.929. The molecule has 1 rings (SSSR count). The van der Waals surface area contributed by atoms with Crippen LogP contribution >= 0.6 is 22.6 Å². The summed E-state index contributed by atoms with van der Waals surface area (Å²) in [7, 11) is 0. The van der Waals surface area contributed by atoms with Gasteiger partial charge in [-0.15, -0.1) is 0 Å². The average Bonchev–Trinajstić information content (AvgIpc) is 2.03. The quantitative estimate of drug-likeness (QED) is 0.572. The lowest BCUT2D eigenvalue weighted by atomic mass is 10.1. The summed E-state index contributed by atoms with van der Waals surface area (Å²) in [6, 6.07) is 6.43. The van der Waals surface area contributed by atoms with E-state index in [2.05, 4.69) is 0 Å². The molecule has 12 heavy (non-hydrogen) atoms. The van der Waals surface area contributed by atoms with Crippen molar-refractivity contribution >= 4 is 22.6 Å². The molecule has 0 aliphatic heterocycles. The molecule has 0 heterocycles. The van der Waals surface area contributed by atoms with Crippen molar-refractivity contribution < 1.29 is 8.78 Å². The first-order chi connectivity index (χ1) is 5.54.